The molecule has 1 aliphatic heterocycles. The number of aliphatic hydroxyl groups excluding tert-OH is 1. The smallest absolute Gasteiger partial charge is 0.227 e. The third-order valence-electron chi connectivity index (χ3n) is 3.13. The second kappa shape index (κ2) is 4.22. The number of carbonyl (C=O) groups excluding carboxylic acids is 1. The lowest BCUT2D eigenvalue weighted by atomic mass is 10.0. The van der Waals surface area contributed by atoms with Crippen molar-refractivity contribution >= 4 is 11.6 Å². The first-order valence-corrected chi connectivity index (χ1v) is 5.32. The third kappa shape index (κ3) is 1.80. The van der Waals surface area contributed by atoms with E-state index in [1.54, 1.807) is 17.0 Å². The van der Waals surface area contributed by atoms with Gasteiger partial charge in [0.05, 0.1) is 0 Å². The molecule has 3 nitrogen and oxygen atoms in total. The Balaban J connectivity index is 2.27. The molecule has 0 bridgehead atoms. The van der Waals surface area contributed by atoms with Crippen LogP contribution >= 0.6 is 0 Å². The van der Waals surface area contributed by atoms with Crippen molar-refractivity contribution < 1.29 is 14.3 Å². The maximum Gasteiger partial charge on any atom is 0.227 e. The summed E-state index contributed by atoms with van der Waals surface area (Å²) >= 11 is 0. The Kier molecular flexibility index (Phi) is 2.92. The molecule has 86 valence electrons. The predicted octanol–water partition coefficient (Wildman–Crippen LogP) is 1.56. The summed E-state index contributed by atoms with van der Waals surface area (Å²) in [6.07, 6.45) is 0.356. The number of rotatable bonds is 2. The largest absolute Gasteiger partial charge is 0.396 e. The van der Waals surface area contributed by atoms with Crippen molar-refractivity contribution in [1.29, 1.82) is 0 Å². The van der Waals surface area contributed by atoms with Crippen molar-refractivity contribution in [2.24, 2.45) is 5.92 Å². The summed E-state index contributed by atoms with van der Waals surface area (Å²) in [5, 5.41) is 9.12. The summed E-state index contributed by atoms with van der Waals surface area (Å²) in [4.78, 5) is 13.4. The van der Waals surface area contributed by atoms with Gasteiger partial charge < -0.3 is 10.0 Å². The van der Waals surface area contributed by atoms with Crippen molar-refractivity contribution in [3.63, 3.8) is 0 Å². The molecule has 1 amide bonds. The molecule has 1 N–H and O–H groups in total. The highest BCUT2D eigenvalue weighted by molar-refractivity contribution is 5.96. The molecule has 0 aromatic heterocycles. The molecule has 0 saturated carbocycles. The molecule has 1 aliphatic rings. The van der Waals surface area contributed by atoms with Crippen LogP contribution in [0.4, 0.5) is 10.1 Å². The van der Waals surface area contributed by atoms with Gasteiger partial charge in [0.25, 0.3) is 0 Å². The molecule has 1 aromatic carbocycles. The summed E-state index contributed by atoms with van der Waals surface area (Å²) < 4.78 is 12.8. The average Bonchev–Trinajstić information content (AvgIpc) is 2.56. The topological polar surface area (TPSA) is 40.5 Å². The van der Waals surface area contributed by atoms with E-state index in [9.17, 15) is 9.18 Å². The van der Waals surface area contributed by atoms with Crippen molar-refractivity contribution in [3.8, 4) is 0 Å². The molecule has 0 spiro atoms. The Morgan fingerprint density at radius 1 is 1.44 bits per heavy atom. The number of amides is 1. The Morgan fingerprint density at radius 3 is 2.56 bits per heavy atom. The molecular weight excluding hydrogens is 209 g/mol. The fraction of sp³-hybridized carbons (Fsp3) is 0.417. The summed E-state index contributed by atoms with van der Waals surface area (Å²) in [6.45, 7) is 1.90. The zero-order valence-corrected chi connectivity index (χ0v) is 9.06. The molecule has 1 fully saturated rings. The van der Waals surface area contributed by atoms with Crippen LogP contribution in [-0.4, -0.2) is 23.7 Å². The number of hydrogen-bond donors (Lipinski definition) is 1. The first-order chi connectivity index (χ1) is 7.63. The lowest BCUT2D eigenvalue weighted by molar-refractivity contribution is -0.117. The fourth-order valence-corrected chi connectivity index (χ4v) is 2.13. The maximum absolute atomic E-state index is 12.8. The second-order valence-electron chi connectivity index (χ2n) is 4.13. The molecule has 0 radical (unpaired) electrons. The maximum atomic E-state index is 12.8. The zero-order valence-electron chi connectivity index (χ0n) is 9.06. The van der Waals surface area contributed by atoms with E-state index in [4.69, 9.17) is 5.11 Å². The highest BCUT2D eigenvalue weighted by atomic mass is 19.1. The van der Waals surface area contributed by atoms with E-state index in [1.165, 1.54) is 12.1 Å². The van der Waals surface area contributed by atoms with Gasteiger partial charge in [-0.05, 0) is 31.2 Å². The van der Waals surface area contributed by atoms with E-state index < -0.39 is 0 Å². The molecule has 0 aliphatic carbocycles. The SMILES string of the molecule is CC1C(CO)CC(=O)N1c1ccc(F)cc1. The monoisotopic (exact) mass is 223 g/mol. The van der Waals surface area contributed by atoms with Crippen LogP contribution in [0.1, 0.15) is 13.3 Å². The number of benzene rings is 1. The average molecular weight is 223 g/mol. The zero-order chi connectivity index (χ0) is 11.7. The van der Waals surface area contributed by atoms with Gasteiger partial charge in [-0.3, -0.25) is 4.79 Å². The van der Waals surface area contributed by atoms with Crippen LogP contribution in [0.5, 0.6) is 0 Å². The van der Waals surface area contributed by atoms with E-state index in [1.807, 2.05) is 6.92 Å². The summed E-state index contributed by atoms with van der Waals surface area (Å²) in [5.41, 5.74) is 0.690. The van der Waals surface area contributed by atoms with Gasteiger partial charge in [-0.1, -0.05) is 0 Å². The number of halogens is 1. The van der Waals surface area contributed by atoms with E-state index in [0.717, 1.165) is 0 Å². The quantitative estimate of drug-likeness (QED) is 0.826. The highest BCUT2D eigenvalue weighted by Crippen LogP contribution is 2.30. The number of hydrogen-bond acceptors (Lipinski definition) is 2. The minimum absolute atomic E-state index is 0.00456. The number of carbonyl (C=O) groups is 1. The van der Waals surface area contributed by atoms with Crippen molar-refractivity contribution in [1.82, 2.24) is 0 Å². The van der Waals surface area contributed by atoms with Crippen molar-refractivity contribution in [2.75, 3.05) is 11.5 Å². The van der Waals surface area contributed by atoms with Gasteiger partial charge in [-0.2, -0.15) is 0 Å². The standard InChI is InChI=1S/C12H14FNO2/c1-8-9(7-15)6-12(16)14(8)11-4-2-10(13)3-5-11/h2-5,8-9,15H,6-7H2,1H3. The Labute approximate surface area is 93.5 Å². The number of aliphatic hydroxyl groups is 1. The first kappa shape index (κ1) is 11.1. The van der Waals surface area contributed by atoms with Crippen LogP contribution < -0.4 is 4.90 Å². The minimum Gasteiger partial charge on any atom is -0.396 e. The molecule has 2 atom stereocenters. The van der Waals surface area contributed by atoms with Gasteiger partial charge in [0.15, 0.2) is 0 Å². The molecular formula is C12H14FNO2. The van der Waals surface area contributed by atoms with E-state index in [0.29, 0.717) is 12.1 Å². The number of nitrogens with zero attached hydrogens (tertiary/aromatic N) is 1. The first-order valence-electron chi connectivity index (χ1n) is 5.32. The van der Waals surface area contributed by atoms with Crippen molar-refractivity contribution in [2.45, 2.75) is 19.4 Å². The number of anilines is 1. The van der Waals surface area contributed by atoms with Crippen LogP contribution in [0.25, 0.3) is 0 Å². The van der Waals surface area contributed by atoms with Crippen molar-refractivity contribution in [3.05, 3.63) is 30.1 Å². The van der Waals surface area contributed by atoms with E-state index in [-0.39, 0.29) is 30.3 Å². The normalized spacial score (nSPS) is 25.2. The summed E-state index contributed by atoms with van der Waals surface area (Å²) in [6, 6.07) is 5.80. The lowest BCUT2D eigenvalue weighted by Gasteiger charge is -2.24. The molecule has 2 unspecified atom stereocenters. The van der Waals surface area contributed by atoms with Crippen LogP contribution in [-0.2, 0) is 4.79 Å². The van der Waals surface area contributed by atoms with Gasteiger partial charge in [0.2, 0.25) is 5.91 Å². The van der Waals surface area contributed by atoms with Gasteiger partial charge in [0.1, 0.15) is 5.82 Å². The van der Waals surface area contributed by atoms with E-state index in [2.05, 4.69) is 0 Å². The van der Waals surface area contributed by atoms with Crippen LogP contribution in [0.3, 0.4) is 0 Å². The molecule has 1 saturated heterocycles. The van der Waals surface area contributed by atoms with Gasteiger partial charge in [0, 0.05) is 30.7 Å². The Bertz CT molecular complexity index is 391. The summed E-state index contributed by atoms with van der Waals surface area (Å²) in [7, 11) is 0. The van der Waals surface area contributed by atoms with Gasteiger partial charge in [-0.25, -0.2) is 4.39 Å². The Hall–Kier alpha value is -1.42. The van der Waals surface area contributed by atoms with Gasteiger partial charge >= 0.3 is 0 Å². The second-order valence-corrected chi connectivity index (χ2v) is 4.13. The van der Waals surface area contributed by atoms with Crippen LogP contribution in [0, 0.1) is 11.7 Å². The molecule has 4 heteroatoms. The van der Waals surface area contributed by atoms with E-state index >= 15 is 0 Å². The molecule has 16 heavy (non-hydrogen) atoms. The van der Waals surface area contributed by atoms with Crippen LogP contribution in [0.15, 0.2) is 24.3 Å². The minimum atomic E-state index is -0.318. The molecule has 2 rings (SSSR count). The third-order valence-corrected chi connectivity index (χ3v) is 3.13. The lowest BCUT2D eigenvalue weighted by Crippen LogP contribution is -2.33. The highest BCUT2D eigenvalue weighted by Gasteiger charge is 2.36. The predicted molar refractivity (Wildman–Crippen MR) is 58.5 cm³/mol. The fourth-order valence-electron chi connectivity index (χ4n) is 2.13. The molecule has 1 heterocycles. The van der Waals surface area contributed by atoms with Crippen LogP contribution in [0.2, 0.25) is 0 Å². The van der Waals surface area contributed by atoms with Gasteiger partial charge in [-0.15, -0.1) is 0 Å². The summed E-state index contributed by atoms with van der Waals surface area (Å²) in [5.74, 6) is -0.363. The molecule has 1 aromatic rings. The Morgan fingerprint density at radius 2 is 2.06 bits per heavy atom.